The normalized spacial score (nSPS) is 11.5. The quantitative estimate of drug-likeness (QED) is 0.245. The van der Waals surface area contributed by atoms with E-state index in [1.54, 1.807) is 24.3 Å². The molecule has 0 heterocycles. The van der Waals surface area contributed by atoms with Gasteiger partial charge in [0.15, 0.2) is 0 Å². The second kappa shape index (κ2) is 17.9. The molecule has 0 fully saturated rings. The first-order valence-electron chi connectivity index (χ1n) is 11.8. The van der Waals surface area contributed by atoms with E-state index in [4.69, 9.17) is 14.6 Å². The van der Waals surface area contributed by atoms with Gasteiger partial charge in [0.25, 0.3) is 5.91 Å². The predicted octanol–water partition coefficient (Wildman–Crippen LogP) is 1.79. The van der Waals surface area contributed by atoms with Crippen LogP contribution in [0, 0.1) is 0 Å². The first-order valence-corrected chi connectivity index (χ1v) is 11.8. The van der Waals surface area contributed by atoms with Gasteiger partial charge in [0, 0.05) is 19.5 Å². The van der Waals surface area contributed by atoms with Gasteiger partial charge >= 0.3 is 0 Å². The minimum Gasteiger partial charge on any atom is -0.490 e. The van der Waals surface area contributed by atoms with E-state index in [-0.39, 0.29) is 51.1 Å². The molecule has 0 spiro atoms. The molecule has 1 atom stereocenters. The van der Waals surface area contributed by atoms with Crippen LogP contribution in [0.15, 0.2) is 24.3 Å². The molecule has 0 saturated heterocycles. The molecular formula is C24H39N3O6. The fourth-order valence-corrected chi connectivity index (χ4v) is 2.94. The van der Waals surface area contributed by atoms with E-state index in [0.29, 0.717) is 24.4 Å². The average Bonchev–Trinajstić information content (AvgIpc) is 2.82. The third-order valence-electron chi connectivity index (χ3n) is 4.82. The highest BCUT2D eigenvalue weighted by Crippen LogP contribution is 2.18. The van der Waals surface area contributed by atoms with Crippen molar-refractivity contribution in [2.75, 3.05) is 39.5 Å². The molecule has 1 aromatic carbocycles. The van der Waals surface area contributed by atoms with E-state index in [2.05, 4.69) is 16.0 Å². The molecule has 0 aliphatic heterocycles. The summed E-state index contributed by atoms with van der Waals surface area (Å²) in [5.41, 5.74) is 0.290. The average molecular weight is 466 g/mol. The molecule has 0 saturated carbocycles. The summed E-state index contributed by atoms with van der Waals surface area (Å²) >= 11 is 0. The standard InChI is InChI=1S/C24H39N3O6/c1-3-5-13-25-22(29)12-11-20(24(31)26-14-6-4-2)27-23(30)19-9-7-8-10-21(19)33-18-17-32-16-15-28/h7-10,20,28H,3-6,11-18H2,1-2H3,(H,25,29)(H,26,31)(H,27,30). The van der Waals surface area contributed by atoms with E-state index in [1.165, 1.54) is 0 Å². The van der Waals surface area contributed by atoms with Crippen molar-refractivity contribution < 1.29 is 29.0 Å². The zero-order chi connectivity index (χ0) is 24.3. The van der Waals surface area contributed by atoms with Crippen molar-refractivity contribution in [1.82, 2.24) is 16.0 Å². The van der Waals surface area contributed by atoms with Crippen LogP contribution in [0.1, 0.15) is 62.7 Å². The van der Waals surface area contributed by atoms with Gasteiger partial charge < -0.3 is 30.5 Å². The van der Waals surface area contributed by atoms with Crippen molar-refractivity contribution in [2.45, 2.75) is 58.4 Å². The molecule has 9 nitrogen and oxygen atoms in total. The summed E-state index contributed by atoms with van der Waals surface area (Å²) in [6.07, 6.45) is 3.97. The van der Waals surface area contributed by atoms with Crippen LogP contribution < -0.4 is 20.7 Å². The van der Waals surface area contributed by atoms with Crippen LogP contribution in [0.2, 0.25) is 0 Å². The van der Waals surface area contributed by atoms with Gasteiger partial charge in [-0.15, -0.1) is 0 Å². The van der Waals surface area contributed by atoms with Gasteiger partial charge in [0.1, 0.15) is 18.4 Å². The summed E-state index contributed by atoms with van der Waals surface area (Å²) in [5, 5.41) is 17.2. The molecule has 0 aliphatic carbocycles. The molecule has 3 amide bonds. The van der Waals surface area contributed by atoms with Gasteiger partial charge in [-0.25, -0.2) is 0 Å². The van der Waals surface area contributed by atoms with Crippen LogP contribution in [0.25, 0.3) is 0 Å². The SMILES string of the molecule is CCCCNC(=O)CCC(NC(=O)c1ccccc1OCCOCCO)C(=O)NCCCC. The number of rotatable bonds is 18. The Hall–Kier alpha value is -2.65. The van der Waals surface area contributed by atoms with E-state index in [9.17, 15) is 14.4 Å². The van der Waals surface area contributed by atoms with Crippen LogP contribution in [0.4, 0.5) is 0 Å². The lowest BCUT2D eigenvalue weighted by Crippen LogP contribution is -2.47. The first-order chi connectivity index (χ1) is 16.0. The maximum absolute atomic E-state index is 13.0. The molecule has 9 heteroatoms. The van der Waals surface area contributed by atoms with Crippen molar-refractivity contribution in [3.8, 4) is 5.75 Å². The molecule has 33 heavy (non-hydrogen) atoms. The van der Waals surface area contributed by atoms with Crippen molar-refractivity contribution in [3.63, 3.8) is 0 Å². The molecule has 0 aromatic heterocycles. The number of aliphatic hydroxyl groups is 1. The van der Waals surface area contributed by atoms with Gasteiger partial charge in [0.05, 0.1) is 25.4 Å². The third kappa shape index (κ3) is 12.2. The van der Waals surface area contributed by atoms with Gasteiger partial charge in [-0.05, 0) is 31.4 Å². The molecule has 4 N–H and O–H groups in total. The zero-order valence-electron chi connectivity index (χ0n) is 19.9. The Balaban J connectivity index is 2.77. The topological polar surface area (TPSA) is 126 Å². The molecule has 1 aromatic rings. The Kier molecular flexibility index (Phi) is 15.4. The molecular weight excluding hydrogens is 426 g/mol. The minimum absolute atomic E-state index is 0.0721. The second-order valence-electron chi connectivity index (χ2n) is 7.59. The van der Waals surface area contributed by atoms with Crippen molar-refractivity contribution in [1.29, 1.82) is 0 Å². The Labute approximate surface area is 196 Å². The fourth-order valence-electron chi connectivity index (χ4n) is 2.94. The highest BCUT2D eigenvalue weighted by molar-refractivity contribution is 5.99. The molecule has 0 bridgehead atoms. The molecule has 0 aliphatic rings. The Morgan fingerprint density at radius 3 is 2.36 bits per heavy atom. The number of carbonyl (C=O) groups excluding carboxylic acids is 3. The first kappa shape index (κ1) is 28.4. The molecule has 186 valence electrons. The van der Waals surface area contributed by atoms with Crippen LogP contribution in [0.3, 0.4) is 0 Å². The number of unbranched alkanes of at least 4 members (excludes halogenated alkanes) is 2. The van der Waals surface area contributed by atoms with E-state index in [1.807, 2.05) is 13.8 Å². The Bertz CT molecular complexity index is 713. The van der Waals surface area contributed by atoms with Crippen LogP contribution in [-0.4, -0.2) is 68.4 Å². The Morgan fingerprint density at radius 1 is 0.970 bits per heavy atom. The lowest BCUT2D eigenvalue weighted by molar-refractivity contribution is -0.124. The van der Waals surface area contributed by atoms with Gasteiger partial charge in [0.2, 0.25) is 11.8 Å². The fraction of sp³-hybridized carbons (Fsp3) is 0.625. The van der Waals surface area contributed by atoms with Gasteiger partial charge in [-0.1, -0.05) is 38.8 Å². The highest BCUT2D eigenvalue weighted by atomic mass is 16.5. The number of amides is 3. The summed E-state index contributed by atoms with van der Waals surface area (Å²) in [5.74, 6) is -0.543. The van der Waals surface area contributed by atoms with Gasteiger partial charge in [-0.2, -0.15) is 0 Å². The maximum Gasteiger partial charge on any atom is 0.255 e. The number of nitrogens with one attached hydrogen (secondary N) is 3. The van der Waals surface area contributed by atoms with Crippen molar-refractivity contribution in [3.05, 3.63) is 29.8 Å². The van der Waals surface area contributed by atoms with Crippen LogP contribution in [0.5, 0.6) is 5.75 Å². The van der Waals surface area contributed by atoms with E-state index < -0.39 is 11.9 Å². The lowest BCUT2D eigenvalue weighted by atomic mass is 10.1. The number of carbonyl (C=O) groups is 3. The number of hydrogen-bond donors (Lipinski definition) is 4. The minimum atomic E-state index is -0.841. The van der Waals surface area contributed by atoms with Gasteiger partial charge in [-0.3, -0.25) is 14.4 Å². The Morgan fingerprint density at radius 2 is 1.67 bits per heavy atom. The molecule has 1 rings (SSSR count). The molecule has 0 radical (unpaired) electrons. The number of benzene rings is 1. The van der Waals surface area contributed by atoms with E-state index >= 15 is 0 Å². The summed E-state index contributed by atoms with van der Waals surface area (Å²) in [4.78, 5) is 37.8. The molecule has 1 unspecified atom stereocenters. The summed E-state index contributed by atoms with van der Waals surface area (Å²) in [7, 11) is 0. The lowest BCUT2D eigenvalue weighted by Gasteiger charge is -2.19. The number of aliphatic hydroxyl groups excluding tert-OH is 1. The largest absolute Gasteiger partial charge is 0.490 e. The zero-order valence-corrected chi connectivity index (χ0v) is 19.9. The predicted molar refractivity (Wildman–Crippen MR) is 126 cm³/mol. The van der Waals surface area contributed by atoms with Crippen LogP contribution >= 0.6 is 0 Å². The summed E-state index contributed by atoms with van der Waals surface area (Å²) in [6.45, 7) is 5.80. The van der Waals surface area contributed by atoms with E-state index in [0.717, 1.165) is 25.7 Å². The maximum atomic E-state index is 13.0. The summed E-state index contributed by atoms with van der Waals surface area (Å²) < 4.78 is 10.8. The third-order valence-corrected chi connectivity index (χ3v) is 4.82. The summed E-state index contributed by atoms with van der Waals surface area (Å²) in [6, 6.07) is 5.89. The van der Waals surface area contributed by atoms with Crippen molar-refractivity contribution in [2.24, 2.45) is 0 Å². The highest BCUT2D eigenvalue weighted by Gasteiger charge is 2.23. The smallest absolute Gasteiger partial charge is 0.255 e. The monoisotopic (exact) mass is 465 g/mol. The van der Waals surface area contributed by atoms with Crippen molar-refractivity contribution >= 4 is 17.7 Å². The van der Waals surface area contributed by atoms with Crippen LogP contribution in [-0.2, 0) is 14.3 Å². The number of ether oxygens (including phenoxy) is 2. The number of para-hydroxylation sites is 1. The second-order valence-corrected chi connectivity index (χ2v) is 7.59. The number of hydrogen-bond acceptors (Lipinski definition) is 6.